The van der Waals surface area contributed by atoms with Crippen LogP contribution >= 0.6 is 0 Å². The molecule has 1 aromatic carbocycles. The highest BCUT2D eigenvalue weighted by atomic mass is 16.5. The summed E-state index contributed by atoms with van der Waals surface area (Å²) in [7, 11) is 0. The highest BCUT2D eigenvalue weighted by Crippen LogP contribution is 2.17. The summed E-state index contributed by atoms with van der Waals surface area (Å²) in [5.74, 6) is 0.256. The number of nitrogens with one attached hydrogen (secondary N) is 1. The molecule has 1 heterocycles. The summed E-state index contributed by atoms with van der Waals surface area (Å²) in [5, 5.41) is 0. The molecule has 0 saturated carbocycles. The van der Waals surface area contributed by atoms with Gasteiger partial charge in [0.15, 0.2) is 0 Å². The first-order valence-electron chi connectivity index (χ1n) is 7.13. The topological polar surface area (TPSA) is 30.7 Å². The van der Waals surface area contributed by atoms with E-state index in [0.29, 0.717) is 12.0 Å². The standard InChI is InChI=1S/C16H23NO2/c1-12-13(2)17(10-9-16(12)19-14(3)18)11-15-7-5-4-6-8-15/h4-8,12-13,16H,9-11H2,1-3H3/p+1/t12-,13-,16-/m0/s1. The van der Waals surface area contributed by atoms with Crippen LogP contribution in [0.15, 0.2) is 30.3 Å². The Bertz CT molecular complexity index is 418. The largest absolute Gasteiger partial charge is 0.462 e. The third-order valence-electron chi connectivity index (χ3n) is 4.36. The molecule has 0 aliphatic carbocycles. The van der Waals surface area contributed by atoms with Crippen molar-refractivity contribution in [2.24, 2.45) is 5.92 Å². The fraction of sp³-hybridized carbons (Fsp3) is 0.562. The zero-order chi connectivity index (χ0) is 13.8. The molecule has 3 nitrogen and oxygen atoms in total. The van der Waals surface area contributed by atoms with E-state index in [1.807, 2.05) is 0 Å². The van der Waals surface area contributed by atoms with Crippen molar-refractivity contribution >= 4 is 5.97 Å². The molecule has 1 aliphatic rings. The third-order valence-corrected chi connectivity index (χ3v) is 4.36. The van der Waals surface area contributed by atoms with Gasteiger partial charge in [-0.3, -0.25) is 4.79 Å². The van der Waals surface area contributed by atoms with Crippen LogP contribution in [0.1, 0.15) is 32.8 Å². The fourth-order valence-electron chi connectivity index (χ4n) is 3.00. The highest BCUT2D eigenvalue weighted by molar-refractivity contribution is 5.66. The molecular formula is C16H24NO2+. The lowest BCUT2D eigenvalue weighted by Gasteiger charge is -2.39. The number of likely N-dealkylation sites (tertiary alicyclic amines) is 1. The van der Waals surface area contributed by atoms with Gasteiger partial charge in [-0.05, 0) is 6.92 Å². The zero-order valence-electron chi connectivity index (χ0n) is 12.1. The van der Waals surface area contributed by atoms with Crippen molar-refractivity contribution in [3.63, 3.8) is 0 Å². The summed E-state index contributed by atoms with van der Waals surface area (Å²) >= 11 is 0. The molecule has 0 radical (unpaired) electrons. The lowest BCUT2D eigenvalue weighted by molar-refractivity contribution is -0.947. The predicted octanol–water partition coefficient (Wildman–Crippen LogP) is 1.43. The molecule has 0 bridgehead atoms. The number of esters is 1. The van der Waals surface area contributed by atoms with Crippen LogP contribution in [0, 0.1) is 5.92 Å². The summed E-state index contributed by atoms with van der Waals surface area (Å²) in [6, 6.07) is 11.1. The SMILES string of the molecule is CC(=O)O[C@H]1CC[NH+](Cc2ccccc2)[C@@H](C)[C@@H]1C. The van der Waals surface area contributed by atoms with E-state index in [9.17, 15) is 4.79 Å². The Morgan fingerprint density at radius 3 is 2.63 bits per heavy atom. The third kappa shape index (κ3) is 3.57. The van der Waals surface area contributed by atoms with Crippen molar-refractivity contribution in [3.8, 4) is 0 Å². The molecule has 1 N–H and O–H groups in total. The number of piperidine rings is 1. The molecule has 1 aromatic rings. The number of hydrogen-bond acceptors (Lipinski definition) is 2. The summed E-state index contributed by atoms with van der Waals surface area (Å²) in [5.41, 5.74) is 1.38. The van der Waals surface area contributed by atoms with Crippen molar-refractivity contribution in [3.05, 3.63) is 35.9 Å². The molecular weight excluding hydrogens is 238 g/mol. The summed E-state index contributed by atoms with van der Waals surface area (Å²) < 4.78 is 5.42. The van der Waals surface area contributed by atoms with E-state index in [2.05, 4.69) is 44.2 Å². The molecule has 1 unspecified atom stereocenters. The van der Waals surface area contributed by atoms with Crippen LogP contribution < -0.4 is 4.90 Å². The first kappa shape index (κ1) is 14.1. The molecule has 0 aromatic heterocycles. The van der Waals surface area contributed by atoms with Gasteiger partial charge in [-0.25, -0.2) is 0 Å². The number of hydrogen-bond donors (Lipinski definition) is 1. The van der Waals surface area contributed by atoms with E-state index < -0.39 is 0 Å². The number of ether oxygens (including phenoxy) is 1. The molecule has 1 fully saturated rings. The first-order valence-corrected chi connectivity index (χ1v) is 7.13. The van der Waals surface area contributed by atoms with Crippen molar-refractivity contribution < 1.29 is 14.4 Å². The van der Waals surface area contributed by atoms with E-state index in [4.69, 9.17) is 4.74 Å². The molecule has 0 amide bonds. The minimum absolute atomic E-state index is 0.0898. The van der Waals surface area contributed by atoms with Gasteiger partial charge in [0.05, 0.1) is 12.6 Å². The van der Waals surface area contributed by atoms with Gasteiger partial charge in [0, 0.05) is 24.8 Å². The van der Waals surface area contributed by atoms with Crippen molar-refractivity contribution in [1.82, 2.24) is 0 Å². The van der Waals surface area contributed by atoms with Crippen LogP contribution in [0.2, 0.25) is 0 Å². The van der Waals surface area contributed by atoms with Gasteiger partial charge < -0.3 is 9.64 Å². The van der Waals surface area contributed by atoms with Gasteiger partial charge >= 0.3 is 5.97 Å². The molecule has 0 spiro atoms. The van der Waals surface area contributed by atoms with Crippen molar-refractivity contribution in [1.29, 1.82) is 0 Å². The Labute approximate surface area is 115 Å². The Kier molecular flexibility index (Phi) is 4.59. The van der Waals surface area contributed by atoms with E-state index in [-0.39, 0.29) is 12.1 Å². The van der Waals surface area contributed by atoms with Crippen molar-refractivity contribution in [2.75, 3.05) is 6.54 Å². The molecule has 1 aliphatic heterocycles. The molecule has 1 saturated heterocycles. The summed E-state index contributed by atoms with van der Waals surface area (Å²) in [6.07, 6.45) is 1.06. The maximum Gasteiger partial charge on any atom is 0.302 e. The Morgan fingerprint density at radius 2 is 2.00 bits per heavy atom. The van der Waals surface area contributed by atoms with Gasteiger partial charge in [0.1, 0.15) is 12.6 Å². The highest BCUT2D eigenvalue weighted by Gasteiger charge is 2.37. The van der Waals surface area contributed by atoms with E-state index in [0.717, 1.165) is 19.5 Å². The Hall–Kier alpha value is -1.35. The normalized spacial score (nSPS) is 30.9. The average molecular weight is 262 g/mol. The van der Waals surface area contributed by atoms with Gasteiger partial charge in [-0.15, -0.1) is 0 Å². The molecule has 4 atom stereocenters. The number of benzene rings is 1. The number of rotatable bonds is 3. The number of carbonyl (C=O) groups excluding carboxylic acids is 1. The lowest BCUT2D eigenvalue weighted by Crippen LogP contribution is -3.16. The lowest BCUT2D eigenvalue weighted by atomic mass is 9.88. The monoisotopic (exact) mass is 262 g/mol. The minimum Gasteiger partial charge on any atom is -0.462 e. The maximum absolute atomic E-state index is 11.1. The van der Waals surface area contributed by atoms with Gasteiger partial charge in [-0.2, -0.15) is 0 Å². The van der Waals surface area contributed by atoms with Gasteiger partial charge in [0.2, 0.25) is 0 Å². The molecule has 19 heavy (non-hydrogen) atoms. The van der Waals surface area contributed by atoms with Crippen LogP contribution in [-0.2, 0) is 16.1 Å². The Morgan fingerprint density at radius 1 is 1.32 bits per heavy atom. The second-order valence-corrected chi connectivity index (χ2v) is 5.65. The quantitative estimate of drug-likeness (QED) is 0.836. The van der Waals surface area contributed by atoms with E-state index >= 15 is 0 Å². The van der Waals surface area contributed by atoms with E-state index in [1.165, 1.54) is 12.5 Å². The second kappa shape index (κ2) is 6.20. The average Bonchev–Trinajstić information content (AvgIpc) is 2.39. The Balaban J connectivity index is 1.97. The van der Waals surface area contributed by atoms with Crippen molar-refractivity contribution in [2.45, 2.75) is 45.9 Å². The second-order valence-electron chi connectivity index (χ2n) is 5.65. The summed E-state index contributed by atoms with van der Waals surface area (Å²) in [6.45, 7) is 8.08. The van der Waals surface area contributed by atoms with Crippen LogP contribution in [0.25, 0.3) is 0 Å². The zero-order valence-corrected chi connectivity index (χ0v) is 12.1. The molecule has 3 heteroatoms. The van der Waals surface area contributed by atoms with Crippen LogP contribution in [-0.4, -0.2) is 24.7 Å². The fourth-order valence-corrected chi connectivity index (χ4v) is 3.00. The summed E-state index contributed by atoms with van der Waals surface area (Å²) in [4.78, 5) is 12.7. The number of quaternary nitrogens is 1. The van der Waals surface area contributed by atoms with E-state index in [1.54, 1.807) is 4.90 Å². The van der Waals surface area contributed by atoms with Gasteiger partial charge in [-0.1, -0.05) is 37.3 Å². The van der Waals surface area contributed by atoms with Gasteiger partial charge in [0.25, 0.3) is 0 Å². The smallest absolute Gasteiger partial charge is 0.302 e. The number of carbonyl (C=O) groups is 1. The van der Waals surface area contributed by atoms with Crippen LogP contribution in [0.4, 0.5) is 0 Å². The molecule has 2 rings (SSSR count). The predicted molar refractivity (Wildman–Crippen MR) is 74.8 cm³/mol. The first-order chi connectivity index (χ1) is 9.08. The van der Waals surface area contributed by atoms with Crippen LogP contribution in [0.5, 0.6) is 0 Å². The maximum atomic E-state index is 11.1. The molecule has 104 valence electrons. The van der Waals surface area contributed by atoms with Crippen LogP contribution in [0.3, 0.4) is 0 Å². The minimum atomic E-state index is -0.157.